The zero-order chi connectivity index (χ0) is 77.2. The average Bonchev–Trinajstić information content (AvgIpc) is 1.60. The van der Waals surface area contributed by atoms with Gasteiger partial charge in [-0.1, -0.05) is 56.0 Å². The molecule has 6 rings (SSSR count). The van der Waals surface area contributed by atoms with Crippen molar-refractivity contribution < 1.29 is 149 Å². The number of carboxylic acids is 1. The summed E-state index contributed by atoms with van der Waals surface area (Å²) in [5.74, 6) is -4.94. The molecule has 2 aliphatic heterocycles. The summed E-state index contributed by atoms with van der Waals surface area (Å²) in [6, 6.07) is 24.7. The van der Waals surface area contributed by atoms with Crippen molar-refractivity contribution in [2.24, 2.45) is 0 Å². The third kappa shape index (κ3) is 50.6. The number of alkyl halides is 3. The summed E-state index contributed by atoms with van der Waals surface area (Å²) in [7, 11) is -13.2. The summed E-state index contributed by atoms with van der Waals surface area (Å²) < 4.78 is 150. The van der Waals surface area contributed by atoms with Crippen LogP contribution in [-0.2, 0) is 70.0 Å². The predicted octanol–water partition coefficient (Wildman–Crippen LogP) is 7.35. The van der Waals surface area contributed by atoms with Gasteiger partial charge in [-0.2, -0.15) is 13.7 Å². The molecule has 41 heteroatoms. The van der Waals surface area contributed by atoms with Gasteiger partial charge in [-0.05, 0) is 116 Å². The number of carboxylic acid groups (broad SMARTS) is 1. The maximum Gasteiger partial charge on any atom is 0.425 e. The number of hydroxylamine groups is 2. The second-order valence-electron chi connectivity index (χ2n) is 20.2. The van der Waals surface area contributed by atoms with Gasteiger partial charge in [0.1, 0.15) is 17.8 Å². The molecule has 0 saturated carbocycles. The number of hydrogen-bond acceptors (Lipinski definition) is 27. The normalized spacial score (nSPS) is 12.5. The van der Waals surface area contributed by atoms with Crippen LogP contribution < -0.4 is 13.3 Å². The van der Waals surface area contributed by atoms with E-state index in [9.17, 15) is 69.5 Å². The van der Waals surface area contributed by atoms with Gasteiger partial charge in [-0.3, -0.25) is 46.1 Å². The second-order valence-corrected chi connectivity index (χ2v) is 39.4. The van der Waals surface area contributed by atoms with Crippen LogP contribution in [0.5, 0.6) is 0 Å². The number of carbonyl (C=O) groups excluding carboxylic acids is 9. The maximum atomic E-state index is 12.2. The van der Waals surface area contributed by atoms with Crippen LogP contribution in [0.4, 0.5) is 13.2 Å². The van der Waals surface area contributed by atoms with Crippen molar-refractivity contribution in [2.75, 3.05) is 33.2 Å². The summed E-state index contributed by atoms with van der Waals surface area (Å²) in [5, 5.41) is 22.8. The van der Waals surface area contributed by atoms with Gasteiger partial charge in [0, 0.05) is 91.6 Å². The van der Waals surface area contributed by atoms with Crippen LogP contribution in [0.3, 0.4) is 0 Å². The van der Waals surface area contributed by atoms with Gasteiger partial charge in [-0.25, -0.2) is 19.2 Å². The van der Waals surface area contributed by atoms with E-state index in [1.165, 1.54) is 78.9 Å². The molecule has 558 valence electrons. The van der Waals surface area contributed by atoms with E-state index in [0.717, 1.165) is 0 Å². The molecule has 4 aromatic rings. The molecule has 2 fully saturated rings. The Morgan fingerprint density at radius 1 is 0.560 bits per heavy atom. The zero-order valence-electron chi connectivity index (χ0n) is 52.9. The number of amides is 2. The topological polar surface area (TPSA) is 463 Å². The van der Waals surface area contributed by atoms with E-state index in [1.807, 2.05) is 0 Å². The molecule has 2 saturated heterocycles. The Bertz CT molecular complexity index is 3690. The Hall–Kier alpha value is -5.76. The number of imide groups is 1. The quantitative estimate of drug-likeness (QED) is 0.0231. The Balaban J connectivity index is -0.000000366. The van der Waals surface area contributed by atoms with Crippen molar-refractivity contribution in [3.63, 3.8) is 0 Å². The fourth-order valence-electron chi connectivity index (χ4n) is 6.68. The van der Waals surface area contributed by atoms with Gasteiger partial charge in [0.25, 0.3) is 21.9 Å². The standard InChI is InChI=1S/C15H14FNO5.C15H19FO3.C15H18O6S.C11H11FO3.C2H3NO.CH4.I3.I2.3O3S/c16-9-1-2-12(18)10-3-5-11(6-4-10)15(21)22-17-13(19)7-8-14(17)20;1-15(2,3)19-14(18)12-8-6-11(7-9-12)13(17)5-4-10-16;1-15(2,3)21-14(17)11-6-4-10(5-7-11)13(16)12-8-9-20-22(12,18)19;12-7-1-2-10(13)8-3-5-9(6-4-8)11(14)15;3-1-2-4;;1-3-2;1-2;3*1-4(2)3/h3-6H,1-2,7-9H2;6-9H,4-5,10H2,1-3H3;4-7,12H,8-9H2,1-3H3;3-6H,1-2,7H2,(H,14,15);4H,2H2;1H4;;;;;/q;;;;;;-1;;;;. The zero-order valence-corrected chi connectivity index (χ0v) is 66.9. The number of benzene rings is 4. The number of nitriles is 1. The summed E-state index contributed by atoms with van der Waals surface area (Å²) in [4.78, 5) is 120. The average molecular weight is 2060 g/mol. The van der Waals surface area contributed by atoms with E-state index in [2.05, 4.69) is 78.6 Å². The van der Waals surface area contributed by atoms with E-state index in [1.54, 1.807) is 65.8 Å². The van der Waals surface area contributed by atoms with Crippen LogP contribution >= 0.6 is 74.5 Å². The smallest absolute Gasteiger partial charge is 0.425 e. The second kappa shape index (κ2) is 57.7. The fraction of sp³-hybridized carbons (Fsp3) is 0.407. The van der Waals surface area contributed by atoms with Crippen molar-refractivity contribution in [1.29, 1.82) is 5.26 Å². The summed E-state index contributed by atoms with van der Waals surface area (Å²) in [6.07, 6.45) is 1.22. The van der Waals surface area contributed by atoms with E-state index >= 15 is 0 Å². The first-order valence-electron chi connectivity index (χ1n) is 27.3. The molecule has 0 radical (unpaired) electrons. The molecule has 29 nitrogen and oxygen atoms in total. The minimum atomic E-state index is -3.83. The van der Waals surface area contributed by atoms with Crippen LogP contribution in [0.25, 0.3) is 0 Å². The number of nitrogens with zero attached hydrogens (tertiary/aromatic N) is 2. The van der Waals surface area contributed by atoms with Crippen molar-refractivity contribution >= 4 is 175 Å². The number of aromatic carboxylic acids is 1. The first-order chi connectivity index (χ1) is 46.1. The van der Waals surface area contributed by atoms with E-state index < -0.39 is 120 Å². The Kier molecular flexibility index (Phi) is 59.4. The van der Waals surface area contributed by atoms with E-state index in [-0.39, 0.29) is 112 Å². The third-order valence-electron chi connectivity index (χ3n) is 10.7. The van der Waals surface area contributed by atoms with Crippen molar-refractivity contribution in [3.05, 3.63) is 142 Å². The largest absolute Gasteiger partial charge is 0.478 e. The molecule has 4 aromatic carbocycles. The SMILES string of the molecule is C.CC(C)(C)OC(=O)c1ccc(C(=O)C2CCOS2(=O)=O)cc1.CC(C)(C)OC(=O)c1ccc(C(=O)CCCF)cc1.II.I[I-]I.N#CCO.O=C(CCCF)c1ccc(C(=O)ON2C(=O)CCC2=O)cc1.O=C(O)c1ccc(C(=O)CCCF)cc1.O=S(=O)=O.O=S(=O)=O.O=S(=O)=O. The number of ether oxygens (including phenoxy) is 2. The van der Waals surface area contributed by atoms with Gasteiger partial charge in [0.2, 0.25) is 0 Å². The number of esters is 2. The Labute approximate surface area is 632 Å². The minimum Gasteiger partial charge on any atom is -0.478 e. The molecule has 2 heterocycles. The number of ketones is 4. The van der Waals surface area contributed by atoms with Crippen LogP contribution in [0.2, 0.25) is 0 Å². The van der Waals surface area contributed by atoms with Crippen LogP contribution in [0, 0.1) is 11.3 Å². The molecule has 100 heavy (non-hydrogen) atoms. The van der Waals surface area contributed by atoms with Gasteiger partial charge in [0.05, 0.1) is 55.0 Å². The first-order valence-corrected chi connectivity index (χ1v) is 50.6. The van der Waals surface area contributed by atoms with Crippen LogP contribution in [0.15, 0.2) is 97.1 Å². The third-order valence-corrected chi connectivity index (χ3v) is 12.3. The van der Waals surface area contributed by atoms with Gasteiger partial charge in [0.15, 0.2) is 28.4 Å². The van der Waals surface area contributed by atoms with Crippen molar-refractivity contribution in [3.8, 4) is 6.07 Å². The number of carbonyl (C=O) groups is 10. The number of aliphatic hydroxyl groups excluding tert-OH is 1. The molecule has 1 atom stereocenters. The molecular formula is C59H69F3I5N2O27S4-. The van der Waals surface area contributed by atoms with Crippen LogP contribution in [0.1, 0.15) is 190 Å². The van der Waals surface area contributed by atoms with Crippen molar-refractivity contribution in [2.45, 2.75) is 123 Å². The number of rotatable bonds is 19. The van der Waals surface area contributed by atoms with Gasteiger partial charge in [-0.15, -0.1) is 42.9 Å². The minimum absolute atomic E-state index is 0. The Morgan fingerprint density at radius 3 is 1.04 bits per heavy atom. The molecule has 2 aliphatic rings. The predicted molar refractivity (Wildman–Crippen MR) is 380 cm³/mol. The van der Waals surface area contributed by atoms with Crippen LogP contribution in [-0.4, -0.2) is 170 Å². The Morgan fingerprint density at radius 2 is 0.810 bits per heavy atom. The monoisotopic (exact) mass is 2060 g/mol. The number of Topliss-reactive ketones (excluding diaryl/α,β-unsaturated/α-hetero) is 4. The number of halogens is 8. The maximum absolute atomic E-state index is 12.2. The molecule has 0 spiro atoms. The summed E-state index contributed by atoms with van der Waals surface area (Å²) in [5.41, 5.74) is 1.28. The van der Waals surface area contributed by atoms with E-state index in [4.69, 9.17) is 67.7 Å². The number of hydrogen-bond donors (Lipinski definition) is 2. The van der Waals surface area contributed by atoms with Crippen molar-refractivity contribution in [1.82, 2.24) is 5.06 Å². The molecule has 0 aromatic heterocycles. The number of aliphatic hydroxyl groups is 1. The fourth-order valence-corrected chi connectivity index (χ4v) is 7.96. The molecule has 1 unspecified atom stereocenters. The molecule has 0 bridgehead atoms. The van der Waals surface area contributed by atoms with Gasteiger partial charge >= 0.3 is 106 Å². The van der Waals surface area contributed by atoms with Gasteiger partial charge < -0.3 is 24.5 Å². The first kappa shape index (κ1) is 103. The summed E-state index contributed by atoms with van der Waals surface area (Å²) >= 11 is 9.54. The van der Waals surface area contributed by atoms with E-state index in [0.29, 0.717) is 46.1 Å². The molecular weight excluding hydrogens is 1990 g/mol. The molecule has 0 aliphatic carbocycles. The summed E-state index contributed by atoms with van der Waals surface area (Å²) in [6.45, 7) is 8.72. The molecule has 2 N–H and O–H groups in total. The molecule has 2 amide bonds.